The number of esters is 1. The summed E-state index contributed by atoms with van der Waals surface area (Å²) in [6, 6.07) is 3.05. The van der Waals surface area contributed by atoms with Gasteiger partial charge in [-0.15, -0.1) is 0 Å². The van der Waals surface area contributed by atoms with E-state index in [9.17, 15) is 24.2 Å². The largest absolute Gasteiger partial charge is 0.507 e. The molecule has 0 bridgehead atoms. The number of carbonyl (C=O) groups is 2. The molecular formula is C25H32BFNO7. The third-order valence-corrected chi connectivity index (χ3v) is 6.19. The van der Waals surface area contributed by atoms with Crippen LogP contribution in [0, 0.1) is 5.92 Å². The minimum atomic E-state index is -1.55. The zero-order valence-corrected chi connectivity index (χ0v) is 20.6. The highest BCUT2D eigenvalue weighted by Crippen LogP contribution is 2.36. The van der Waals surface area contributed by atoms with Crippen LogP contribution >= 0.6 is 0 Å². The van der Waals surface area contributed by atoms with Crippen molar-refractivity contribution in [2.45, 2.75) is 71.2 Å². The molecule has 1 fully saturated rings. The number of aliphatic hydroxyl groups is 1. The molecule has 2 aliphatic heterocycles. The minimum absolute atomic E-state index is 0.0479. The highest BCUT2D eigenvalue weighted by atomic mass is 19.1. The molecule has 10 heteroatoms. The Morgan fingerprint density at radius 1 is 1.29 bits per heavy atom. The molecule has 35 heavy (non-hydrogen) atoms. The first-order valence-corrected chi connectivity index (χ1v) is 11.7. The van der Waals surface area contributed by atoms with Crippen molar-refractivity contribution >= 4 is 31.3 Å². The fourth-order valence-corrected chi connectivity index (χ4v) is 4.22. The summed E-state index contributed by atoms with van der Waals surface area (Å²) in [5.74, 6) is -3.48. The van der Waals surface area contributed by atoms with Crippen LogP contribution in [0.1, 0.15) is 57.0 Å². The Labute approximate surface area is 205 Å². The second-order valence-corrected chi connectivity index (χ2v) is 9.24. The fraction of sp³-hybridized carbons (Fsp3) is 0.520. The average Bonchev–Trinajstić information content (AvgIpc) is 3.09. The number of carbonyl (C=O) groups excluding carboxylic acids is 2. The Balaban J connectivity index is 2.09. The zero-order chi connectivity index (χ0) is 25.9. The first-order valence-electron chi connectivity index (χ1n) is 11.7. The van der Waals surface area contributed by atoms with Crippen molar-refractivity contribution in [2.24, 2.45) is 5.92 Å². The van der Waals surface area contributed by atoms with Crippen LogP contribution in [0.25, 0.3) is 6.08 Å². The first kappa shape index (κ1) is 26.9. The number of aromatic hydroxyl groups is 1. The van der Waals surface area contributed by atoms with Gasteiger partial charge in [0.2, 0.25) is 0 Å². The van der Waals surface area contributed by atoms with Crippen molar-refractivity contribution in [3.05, 3.63) is 41.2 Å². The van der Waals surface area contributed by atoms with Crippen LogP contribution in [0.5, 0.6) is 5.75 Å². The molecule has 0 saturated carbocycles. The van der Waals surface area contributed by atoms with Gasteiger partial charge in [0.1, 0.15) is 41.6 Å². The number of fused-ring (bicyclic) bond motifs is 2. The molecule has 0 aromatic heterocycles. The van der Waals surface area contributed by atoms with Crippen molar-refractivity contribution in [3.63, 3.8) is 0 Å². The van der Waals surface area contributed by atoms with Gasteiger partial charge < -0.3 is 34.0 Å². The smallest absolute Gasteiger partial charge is 0.342 e. The van der Waals surface area contributed by atoms with E-state index in [-0.39, 0.29) is 17.7 Å². The Bertz CT molecular complexity index is 1010. The van der Waals surface area contributed by atoms with Gasteiger partial charge >= 0.3 is 13.4 Å². The van der Waals surface area contributed by atoms with Gasteiger partial charge in [0.05, 0.1) is 6.10 Å². The highest BCUT2D eigenvalue weighted by molar-refractivity contribution is 6.70. The molecule has 0 amide bonds. The summed E-state index contributed by atoms with van der Waals surface area (Å²) < 4.78 is 32.2. The van der Waals surface area contributed by atoms with E-state index >= 15 is 0 Å². The van der Waals surface area contributed by atoms with Gasteiger partial charge in [-0.2, -0.15) is 0 Å². The highest BCUT2D eigenvalue weighted by Gasteiger charge is 2.45. The quantitative estimate of drug-likeness (QED) is 0.378. The molecule has 5 atom stereocenters. The van der Waals surface area contributed by atoms with Crippen molar-refractivity contribution in [1.82, 2.24) is 0 Å². The van der Waals surface area contributed by atoms with Crippen molar-refractivity contribution in [1.29, 1.82) is 0 Å². The number of ether oxygens (including phenoxy) is 3. The Morgan fingerprint density at radius 3 is 2.66 bits per heavy atom. The molecule has 0 unspecified atom stereocenters. The van der Waals surface area contributed by atoms with Gasteiger partial charge in [-0.05, 0) is 51.8 Å². The molecule has 0 aliphatic carbocycles. The van der Waals surface area contributed by atoms with Gasteiger partial charge in [-0.25, -0.2) is 9.18 Å². The maximum absolute atomic E-state index is 14.9. The summed E-state index contributed by atoms with van der Waals surface area (Å²) in [6.07, 6.45) is 1.48. The van der Waals surface area contributed by atoms with Crippen LogP contribution in [-0.4, -0.2) is 66.5 Å². The summed E-state index contributed by atoms with van der Waals surface area (Å²) in [5, 5.41) is 21.4. The number of benzene rings is 1. The Hall–Kier alpha value is -2.69. The summed E-state index contributed by atoms with van der Waals surface area (Å²) in [4.78, 5) is 25.7. The second-order valence-electron chi connectivity index (χ2n) is 9.24. The summed E-state index contributed by atoms with van der Waals surface area (Å²) in [5.41, 5.74) is 0.834. The minimum Gasteiger partial charge on any atom is -0.507 e. The lowest BCUT2D eigenvalue weighted by Crippen LogP contribution is -2.36. The van der Waals surface area contributed by atoms with E-state index in [1.54, 1.807) is 50.7 Å². The maximum atomic E-state index is 14.9. The van der Waals surface area contributed by atoms with Crippen molar-refractivity contribution in [3.8, 4) is 5.75 Å². The van der Waals surface area contributed by atoms with E-state index in [0.29, 0.717) is 24.0 Å². The molecule has 0 spiro atoms. The van der Waals surface area contributed by atoms with Gasteiger partial charge in [-0.3, -0.25) is 0 Å². The van der Waals surface area contributed by atoms with Crippen LogP contribution in [0.3, 0.4) is 0 Å². The lowest BCUT2D eigenvalue weighted by atomic mass is 9.92. The third-order valence-electron chi connectivity index (χ3n) is 6.19. The van der Waals surface area contributed by atoms with E-state index in [1.807, 2.05) is 6.92 Å². The first-order chi connectivity index (χ1) is 16.5. The number of rotatable bonds is 4. The summed E-state index contributed by atoms with van der Waals surface area (Å²) in [7, 11) is 1.33. The Morgan fingerprint density at radius 2 is 2.00 bits per heavy atom. The second kappa shape index (κ2) is 10.9. The number of phenolic OH excluding ortho intramolecular Hbond substituents is 1. The molecule has 1 aromatic carbocycles. The number of cyclic esters (lactones) is 1. The number of hydrogen-bond acceptors (Lipinski definition) is 8. The van der Waals surface area contributed by atoms with E-state index in [0.717, 1.165) is 0 Å². The molecule has 1 saturated heterocycles. The maximum Gasteiger partial charge on any atom is 0.342 e. The van der Waals surface area contributed by atoms with Gasteiger partial charge in [0, 0.05) is 24.2 Å². The van der Waals surface area contributed by atoms with Crippen molar-refractivity contribution < 1.29 is 38.4 Å². The number of halogens is 1. The number of aliphatic hydroxyl groups excluding tert-OH is 1. The van der Waals surface area contributed by atoms with Crippen LogP contribution in [0.2, 0.25) is 0 Å². The van der Waals surface area contributed by atoms with Gasteiger partial charge in [0.25, 0.3) is 0 Å². The predicted octanol–water partition coefficient (Wildman–Crippen LogP) is 3.36. The summed E-state index contributed by atoms with van der Waals surface area (Å²) >= 11 is 0. The van der Waals surface area contributed by atoms with Crippen LogP contribution in [-0.2, 0) is 19.0 Å². The van der Waals surface area contributed by atoms with Crippen LogP contribution in [0.15, 0.2) is 30.1 Å². The van der Waals surface area contributed by atoms with E-state index < -0.39 is 47.9 Å². The van der Waals surface area contributed by atoms with Gasteiger partial charge in [-0.1, -0.05) is 19.1 Å². The third kappa shape index (κ3) is 6.12. The van der Waals surface area contributed by atoms with Crippen molar-refractivity contribution in [2.75, 3.05) is 11.4 Å². The van der Waals surface area contributed by atoms with E-state index in [2.05, 4.69) is 0 Å². The molecule has 189 valence electrons. The molecule has 1 aromatic rings. The molecule has 1 radical (unpaired) electrons. The molecule has 3 rings (SSSR count). The van der Waals surface area contributed by atoms with Crippen LogP contribution < -0.4 is 4.81 Å². The molecular weight excluding hydrogens is 456 g/mol. The predicted molar refractivity (Wildman–Crippen MR) is 130 cm³/mol. The lowest BCUT2D eigenvalue weighted by molar-refractivity contribution is -0.153. The fourth-order valence-electron chi connectivity index (χ4n) is 4.22. The Kier molecular flexibility index (Phi) is 8.40. The topological polar surface area (TPSA) is 106 Å². The van der Waals surface area contributed by atoms with Gasteiger partial charge in [0.15, 0.2) is 5.79 Å². The molecule has 2 aliphatic rings. The number of phenols is 1. The van der Waals surface area contributed by atoms with E-state index in [1.165, 1.54) is 19.6 Å². The number of anilines is 1. The van der Waals surface area contributed by atoms with E-state index in [4.69, 9.17) is 14.2 Å². The normalized spacial score (nSPS) is 28.7. The number of hydrogen-bond donors (Lipinski definition) is 2. The standard InChI is InChI=1S/C25H32BFNO7/c1-6-28(26-13-29)17-11-16-8-7-9-20-23(35-25(4,5)34-20)22(31)18(27)10-14(2)15(3)33-24(32)21(16)19(30)12-17/h7-8,10-15,20,22-23,30-31H,6,9H2,1-5H3/t14-,15+,20+,22-,23+/m1/s1. The molecule has 2 heterocycles. The lowest BCUT2D eigenvalue weighted by Gasteiger charge is -2.24. The van der Waals surface area contributed by atoms with Crippen LogP contribution in [0.4, 0.5) is 10.1 Å². The molecule has 8 nitrogen and oxygen atoms in total. The SMILES string of the molecule is CCN([B]C=O)c1cc(O)c2c(c1)C=CC[C@@H]1OC(C)(C)O[C@@H]1[C@H](O)C(F)=C[C@@H](C)[C@H](C)OC2=O. The average molecular weight is 488 g/mol. The zero-order valence-electron chi connectivity index (χ0n) is 20.6. The monoisotopic (exact) mass is 488 g/mol. The molecule has 2 N–H and O–H groups in total. The summed E-state index contributed by atoms with van der Waals surface area (Å²) in [6.45, 7) is 8.93. The number of nitrogens with zero attached hydrogens (tertiary/aromatic N) is 1.